The second-order valence-corrected chi connectivity index (χ2v) is 5.33. The van der Waals surface area contributed by atoms with Crippen molar-refractivity contribution in [2.24, 2.45) is 5.73 Å². The van der Waals surface area contributed by atoms with E-state index in [0.29, 0.717) is 0 Å². The van der Waals surface area contributed by atoms with Crippen molar-refractivity contribution < 1.29 is 0 Å². The van der Waals surface area contributed by atoms with Crippen LogP contribution in [0.25, 0.3) is 0 Å². The molecule has 15 heavy (non-hydrogen) atoms. The second-order valence-electron chi connectivity index (χ2n) is 4.34. The summed E-state index contributed by atoms with van der Waals surface area (Å²) in [6.07, 6.45) is 7.06. The Hall–Kier alpha value is 0.270. The first-order valence-corrected chi connectivity index (χ1v) is 7.46. The van der Waals surface area contributed by atoms with Crippen LogP contribution in [0.15, 0.2) is 0 Å². The highest BCUT2D eigenvalue weighted by Crippen LogP contribution is 2.25. The normalized spacial score (nSPS) is 12.4. The Labute approximate surface area is 100.0 Å². The summed E-state index contributed by atoms with van der Waals surface area (Å²) in [5, 5.41) is 0. The highest BCUT2D eigenvalue weighted by molar-refractivity contribution is 7.98. The van der Waals surface area contributed by atoms with Crippen molar-refractivity contribution in [3.8, 4) is 0 Å². The Bertz CT molecular complexity index is 145. The SMILES string of the molecule is CCCC(CN)(CCC)N(C)CCSC. The number of rotatable bonds is 9. The monoisotopic (exact) mass is 232 g/mol. The molecule has 0 atom stereocenters. The molecular weight excluding hydrogens is 204 g/mol. The van der Waals surface area contributed by atoms with E-state index in [1.54, 1.807) is 0 Å². The molecule has 0 unspecified atom stereocenters. The van der Waals surface area contributed by atoms with Crippen LogP contribution in [0.1, 0.15) is 39.5 Å². The van der Waals surface area contributed by atoms with E-state index in [1.165, 1.54) is 31.4 Å². The number of thioether (sulfide) groups is 1. The van der Waals surface area contributed by atoms with Gasteiger partial charge in [-0.3, -0.25) is 4.90 Å². The molecule has 0 aromatic carbocycles. The zero-order valence-electron chi connectivity index (χ0n) is 10.9. The minimum atomic E-state index is 0.249. The van der Waals surface area contributed by atoms with Crippen molar-refractivity contribution in [1.29, 1.82) is 0 Å². The third-order valence-electron chi connectivity index (χ3n) is 3.25. The van der Waals surface area contributed by atoms with E-state index in [1.807, 2.05) is 11.8 Å². The number of hydrogen-bond acceptors (Lipinski definition) is 3. The van der Waals surface area contributed by atoms with E-state index in [4.69, 9.17) is 5.73 Å². The van der Waals surface area contributed by atoms with Gasteiger partial charge in [0.05, 0.1) is 0 Å². The maximum atomic E-state index is 6.00. The Balaban J connectivity index is 4.41. The van der Waals surface area contributed by atoms with Gasteiger partial charge in [0.25, 0.3) is 0 Å². The average molecular weight is 232 g/mol. The minimum absolute atomic E-state index is 0.249. The van der Waals surface area contributed by atoms with E-state index < -0.39 is 0 Å². The first kappa shape index (κ1) is 15.3. The Morgan fingerprint density at radius 3 is 2.07 bits per heavy atom. The molecule has 0 bridgehead atoms. The molecule has 92 valence electrons. The Morgan fingerprint density at radius 1 is 1.20 bits per heavy atom. The van der Waals surface area contributed by atoms with Crippen LogP contribution in [-0.4, -0.2) is 42.6 Å². The van der Waals surface area contributed by atoms with Crippen LogP contribution >= 0.6 is 11.8 Å². The second kappa shape index (κ2) is 8.43. The van der Waals surface area contributed by atoms with Gasteiger partial charge in [0, 0.05) is 24.4 Å². The van der Waals surface area contributed by atoms with Gasteiger partial charge in [-0.25, -0.2) is 0 Å². The van der Waals surface area contributed by atoms with E-state index >= 15 is 0 Å². The van der Waals surface area contributed by atoms with E-state index in [-0.39, 0.29) is 5.54 Å². The number of nitrogens with zero attached hydrogens (tertiary/aromatic N) is 1. The molecule has 0 spiro atoms. The molecule has 0 aliphatic heterocycles. The fourth-order valence-electron chi connectivity index (χ4n) is 2.26. The van der Waals surface area contributed by atoms with Gasteiger partial charge < -0.3 is 5.73 Å². The Kier molecular flexibility index (Phi) is 8.58. The molecular formula is C12H28N2S. The van der Waals surface area contributed by atoms with E-state index in [2.05, 4.69) is 32.1 Å². The van der Waals surface area contributed by atoms with Gasteiger partial charge >= 0.3 is 0 Å². The van der Waals surface area contributed by atoms with Crippen LogP contribution in [0.3, 0.4) is 0 Å². The molecule has 0 saturated carbocycles. The average Bonchev–Trinajstić information content (AvgIpc) is 2.25. The smallest absolute Gasteiger partial charge is 0.0328 e. The van der Waals surface area contributed by atoms with E-state index in [9.17, 15) is 0 Å². The van der Waals surface area contributed by atoms with Gasteiger partial charge in [-0.1, -0.05) is 26.7 Å². The summed E-state index contributed by atoms with van der Waals surface area (Å²) in [7, 11) is 2.23. The zero-order chi connectivity index (χ0) is 11.7. The van der Waals surface area contributed by atoms with Crippen molar-refractivity contribution in [1.82, 2.24) is 4.90 Å². The molecule has 0 radical (unpaired) electrons. The van der Waals surface area contributed by atoms with Crippen LogP contribution < -0.4 is 5.73 Å². The third kappa shape index (κ3) is 4.75. The zero-order valence-corrected chi connectivity index (χ0v) is 11.7. The summed E-state index contributed by atoms with van der Waals surface area (Å²) >= 11 is 1.91. The maximum Gasteiger partial charge on any atom is 0.0328 e. The summed E-state index contributed by atoms with van der Waals surface area (Å²) in [5.41, 5.74) is 6.25. The largest absolute Gasteiger partial charge is 0.329 e. The maximum absolute atomic E-state index is 6.00. The predicted molar refractivity (Wildman–Crippen MR) is 72.6 cm³/mol. The first-order valence-electron chi connectivity index (χ1n) is 6.07. The van der Waals surface area contributed by atoms with Crippen molar-refractivity contribution in [3.05, 3.63) is 0 Å². The summed E-state index contributed by atoms with van der Waals surface area (Å²) in [6, 6.07) is 0. The van der Waals surface area contributed by atoms with Gasteiger partial charge in [-0.05, 0) is 26.1 Å². The molecule has 2 nitrogen and oxygen atoms in total. The summed E-state index contributed by atoms with van der Waals surface area (Å²) in [5.74, 6) is 1.20. The third-order valence-corrected chi connectivity index (χ3v) is 3.84. The molecule has 0 aromatic rings. The lowest BCUT2D eigenvalue weighted by atomic mass is 9.87. The fourth-order valence-corrected chi connectivity index (χ4v) is 2.72. The highest BCUT2D eigenvalue weighted by Gasteiger charge is 2.30. The molecule has 2 N–H and O–H groups in total. The predicted octanol–water partition coefficient (Wildman–Crippen LogP) is 2.58. The van der Waals surface area contributed by atoms with E-state index in [0.717, 1.165) is 13.1 Å². The summed E-state index contributed by atoms with van der Waals surface area (Å²) in [6.45, 7) is 6.45. The standard InChI is InChI=1S/C12H28N2S/c1-5-7-12(11-13,8-6-2)14(3)9-10-15-4/h5-11,13H2,1-4H3. The van der Waals surface area contributed by atoms with Crippen LogP contribution in [0.5, 0.6) is 0 Å². The molecule has 0 aliphatic rings. The van der Waals surface area contributed by atoms with Gasteiger partial charge in [-0.2, -0.15) is 11.8 Å². The molecule has 0 aromatic heterocycles. The molecule has 0 fully saturated rings. The van der Waals surface area contributed by atoms with Crippen molar-refractivity contribution >= 4 is 11.8 Å². The quantitative estimate of drug-likeness (QED) is 0.662. The van der Waals surface area contributed by atoms with Crippen LogP contribution in [0.4, 0.5) is 0 Å². The molecule has 0 heterocycles. The number of likely N-dealkylation sites (N-methyl/N-ethyl adjacent to an activating group) is 1. The lowest BCUT2D eigenvalue weighted by molar-refractivity contribution is 0.110. The molecule has 0 aliphatic carbocycles. The van der Waals surface area contributed by atoms with Crippen molar-refractivity contribution in [3.63, 3.8) is 0 Å². The first-order chi connectivity index (χ1) is 7.16. The molecule has 3 heteroatoms. The Morgan fingerprint density at radius 2 is 1.73 bits per heavy atom. The topological polar surface area (TPSA) is 29.3 Å². The van der Waals surface area contributed by atoms with Crippen LogP contribution in [-0.2, 0) is 0 Å². The number of nitrogens with two attached hydrogens (primary N) is 1. The lowest BCUT2D eigenvalue weighted by Gasteiger charge is -2.41. The van der Waals surface area contributed by atoms with Gasteiger partial charge in [0.1, 0.15) is 0 Å². The fraction of sp³-hybridized carbons (Fsp3) is 1.00. The van der Waals surface area contributed by atoms with Gasteiger partial charge in [-0.15, -0.1) is 0 Å². The van der Waals surface area contributed by atoms with Crippen LogP contribution in [0.2, 0.25) is 0 Å². The highest BCUT2D eigenvalue weighted by atomic mass is 32.2. The summed E-state index contributed by atoms with van der Waals surface area (Å²) in [4.78, 5) is 2.48. The summed E-state index contributed by atoms with van der Waals surface area (Å²) < 4.78 is 0. The molecule has 0 rings (SSSR count). The molecule has 0 saturated heterocycles. The van der Waals surface area contributed by atoms with Crippen molar-refractivity contribution in [2.45, 2.75) is 45.1 Å². The van der Waals surface area contributed by atoms with Gasteiger partial charge in [0.2, 0.25) is 0 Å². The van der Waals surface area contributed by atoms with Crippen LogP contribution in [0, 0.1) is 0 Å². The van der Waals surface area contributed by atoms with Gasteiger partial charge in [0.15, 0.2) is 0 Å². The minimum Gasteiger partial charge on any atom is -0.329 e. The van der Waals surface area contributed by atoms with Crippen molar-refractivity contribution in [2.75, 3.05) is 32.1 Å². The lowest BCUT2D eigenvalue weighted by Crippen LogP contribution is -2.52. The number of hydrogen-bond donors (Lipinski definition) is 1. The molecule has 0 amide bonds.